The summed E-state index contributed by atoms with van der Waals surface area (Å²) in [5.74, 6) is -0.646. The predicted octanol–water partition coefficient (Wildman–Crippen LogP) is 2.64. The highest BCUT2D eigenvalue weighted by molar-refractivity contribution is 7.88. The van der Waals surface area contributed by atoms with Crippen molar-refractivity contribution in [2.75, 3.05) is 13.1 Å². The number of aromatic nitrogens is 2. The lowest BCUT2D eigenvalue weighted by molar-refractivity contribution is 0.119. The first-order valence-electron chi connectivity index (χ1n) is 7.79. The molecule has 1 saturated heterocycles. The van der Waals surface area contributed by atoms with E-state index in [1.54, 1.807) is 24.3 Å². The van der Waals surface area contributed by atoms with Crippen molar-refractivity contribution in [2.24, 2.45) is 0 Å². The van der Waals surface area contributed by atoms with E-state index < -0.39 is 15.8 Å². The summed E-state index contributed by atoms with van der Waals surface area (Å²) in [5, 5.41) is 0.562. The van der Waals surface area contributed by atoms with Gasteiger partial charge in [-0.2, -0.15) is 4.31 Å². The Balaban J connectivity index is 1.65. The molecule has 6 nitrogen and oxygen atoms in total. The van der Waals surface area contributed by atoms with E-state index in [0.717, 1.165) is 12.4 Å². The average molecular weight is 386 g/mol. The zero-order valence-corrected chi connectivity index (χ0v) is 14.9. The molecular weight excluding hydrogens is 369 g/mol. The third kappa shape index (κ3) is 4.87. The molecule has 1 fully saturated rings. The Hall–Kier alpha value is -1.77. The molecule has 1 aliphatic heterocycles. The van der Waals surface area contributed by atoms with Gasteiger partial charge in [-0.1, -0.05) is 23.7 Å². The fourth-order valence-electron chi connectivity index (χ4n) is 2.65. The van der Waals surface area contributed by atoms with E-state index in [-0.39, 0.29) is 24.4 Å². The molecule has 0 N–H and O–H groups in total. The summed E-state index contributed by atoms with van der Waals surface area (Å²) < 4.78 is 45.1. The van der Waals surface area contributed by atoms with Crippen LogP contribution in [0.5, 0.6) is 6.01 Å². The highest BCUT2D eigenvalue weighted by Gasteiger charge is 2.30. The Morgan fingerprint density at radius 3 is 2.60 bits per heavy atom. The summed E-state index contributed by atoms with van der Waals surface area (Å²) in [6, 6.07) is 6.78. The molecule has 1 atom stereocenters. The fraction of sp³-hybridized carbons (Fsp3) is 0.375. The number of ether oxygens (including phenoxy) is 1. The Kier molecular flexibility index (Phi) is 5.51. The number of benzene rings is 1. The number of hydrogen-bond acceptors (Lipinski definition) is 5. The van der Waals surface area contributed by atoms with Gasteiger partial charge in [0.15, 0.2) is 5.82 Å². The van der Waals surface area contributed by atoms with E-state index in [0.29, 0.717) is 30.0 Å². The number of piperidine rings is 1. The lowest BCUT2D eigenvalue weighted by Gasteiger charge is -2.31. The van der Waals surface area contributed by atoms with Crippen molar-refractivity contribution in [1.82, 2.24) is 14.3 Å². The largest absolute Gasteiger partial charge is 0.459 e. The summed E-state index contributed by atoms with van der Waals surface area (Å²) in [6.45, 7) is 0.663. The second-order valence-electron chi connectivity index (χ2n) is 5.81. The van der Waals surface area contributed by atoms with Crippen molar-refractivity contribution in [2.45, 2.75) is 24.7 Å². The zero-order chi connectivity index (χ0) is 17.9. The van der Waals surface area contributed by atoms with Crippen LogP contribution < -0.4 is 4.74 Å². The second kappa shape index (κ2) is 7.63. The van der Waals surface area contributed by atoms with Crippen LogP contribution in [0.25, 0.3) is 0 Å². The number of rotatable bonds is 5. The van der Waals surface area contributed by atoms with Gasteiger partial charge in [-0.15, -0.1) is 0 Å². The van der Waals surface area contributed by atoms with Gasteiger partial charge in [0, 0.05) is 11.6 Å². The van der Waals surface area contributed by atoms with E-state index in [1.165, 1.54) is 4.31 Å². The standard InChI is InChI=1S/C16H17ClFN3O3S/c17-13-5-3-12(4-6-13)11-25(22,23)21-7-1-2-15(10-21)24-16-19-8-14(18)9-20-16/h3-6,8-9,15H,1-2,7,10-11H2. The quantitative estimate of drug-likeness (QED) is 0.791. The van der Waals surface area contributed by atoms with Crippen LogP contribution in [0, 0.1) is 5.82 Å². The molecule has 0 amide bonds. The van der Waals surface area contributed by atoms with Crippen LogP contribution in [0.4, 0.5) is 4.39 Å². The molecule has 0 spiro atoms. The van der Waals surface area contributed by atoms with Gasteiger partial charge in [-0.05, 0) is 30.5 Å². The van der Waals surface area contributed by atoms with Gasteiger partial charge in [0.2, 0.25) is 10.0 Å². The molecule has 1 aromatic carbocycles. The Bertz CT molecular complexity index is 816. The maximum atomic E-state index is 12.8. The van der Waals surface area contributed by atoms with Crippen molar-refractivity contribution < 1.29 is 17.5 Å². The maximum Gasteiger partial charge on any atom is 0.316 e. The van der Waals surface area contributed by atoms with Gasteiger partial charge in [0.1, 0.15) is 6.10 Å². The van der Waals surface area contributed by atoms with Gasteiger partial charge in [-0.3, -0.25) is 0 Å². The molecule has 25 heavy (non-hydrogen) atoms. The third-order valence-electron chi connectivity index (χ3n) is 3.87. The normalized spacial score (nSPS) is 18.9. The monoisotopic (exact) mass is 385 g/mol. The third-order valence-corrected chi connectivity index (χ3v) is 5.93. The molecule has 0 radical (unpaired) electrons. The van der Waals surface area contributed by atoms with E-state index in [4.69, 9.17) is 16.3 Å². The lowest BCUT2D eigenvalue weighted by Crippen LogP contribution is -2.44. The molecule has 0 bridgehead atoms. The Morgan fingerprint density at radius 2 is 1.92 bits per heavy atom. The summed E-state index contributed by atoms with van der Waals surface area (Å²) in [4.78, 5) is 7.49. The van der Waals surface area contributed by atoms with Crippen molar-refractivity contribution >= 4 is 21.6 Å². The predicted molar refractivity (Wildman–Crippen MR) is 91.3 cm³/mol. The van der Waals surface area contributed by atoms with E-state index in [2.05, 4.69) is 9.97 Å². The molecule has 1 aliphatic rings. The molecule has 1 aromatic heterocycles. The average Bonchev–Trinajstić information content (AvgIpc) is 2.59. The molecule has 9 heteroatoms. The van der Waals surface area contributed by atoms with Crippen LogP contribution in [-0.4, -0.2) is 41.9 Å². The minimum absolute atomic E-state index is 0.0448. The Morgan fingerprint density at radius 1 is 1.24 bits per heavy atom. The van der Waals surface area contributed by atoms with Crippen molar-refractivity contribution in [1.29, 1.82) is 0 Å². The first-order valence-corrected chi connectivity index (χ1v) is 9.77. The van der Waals surface area contributed by atoms with Gasteiger partial charge in [0.05, 0.1) is 24.7 Å². The summed E-state index contributed by atoms with van der Waals surface area (Å²) in [5.41, 5.74) is 0.675. The summed E-state index contributed by atoms with van der Waals surface area (Å²) in [7, 11) is -3.47. The second-order valence-corrected chi connectivity index (χ2v) is 8.21. The molecule has 134 valence electrons. The van der Waals surface area contributed by atoms with Gasteiger partial charge >= 0.3 is 6.01 Å². The molecular formula is C16H17ClFN3O3S. The summed E-state index contributed by atoms with van der Waals surface area (Å²) >= 11 is 5.83. The molecule has 0 aliphatic carbocycles. The summed E-state index contributed by atoms with van der Waals surface area (Å²) in [6.07, 6.45) is 3.03. The van der Waals surface area contributed by atoms with Crippen molar-refractivity contribution in [3.63, 3.8) is 0 Å². The number of sulfonamides is 1. The van der Waals surface area contributed by atoms with Crippen LogP contribution in [0.15, 0.2) is 36.7 Å². The zero-order valence-electron chi connectivity index (χ0n) is 13.3. The van der Waals surface area contributed by atoms with E-state index in [9.17, 15) is 12.8 Å². The number of halogens is 2. The van der Waals surface area contributed by atoms with Gasteiger partial charge in [0.25, 0.3) is 0 Å². The van der Waals surface area contributed by atoms with Crippen LogP contribution in [0.3, 0.4) is 0 Å². The number of hydrogen-bond donors (Lipinski definition) is 0. The van der Waals surface area contributed by atoms with E-state index >= 15 is 0 Å². The maximum absolute atomic E-state index is 12.8. The molecule has 2 aromatic rings. The van der Waals surface area contributed by atoms with Crippen LogP contribution in [0.1, 0.15) is 18.4 Å². The van der Waals surface area contributed by atoms with Gasteiger partial charge in [-0.25, -0.2) is 22.8 Å². The van der Waals surface area contributed by atoms with Crippen LogP contribution in [-0.2, 0) is 15.8 Å². The van der Waals surface area contributed by atoms with Crippen LogP contribution in [0.2, 0.25) is 5.02 Å². The van der Waals surface area contributed by atoms with E-state index in [1.807, 2.05) is 0 Å². The number of nitrogens with zero attached hydrogens (tertiary/aromatic N) is 3. The molecule has 3 rings (SSSR count). The fourth-order valence-corrected chi connectivity index (χ4v) is 4.37. The van der Waals surface area contributed by atoms with Crippen LogP contribution >= 0.6 is 11.6 Å². The minimum atomic E-state index is -3.47. The molecule has 2 heterocycles. The highest BCUT2D eigenvalue weighted by atomic mass is 35.5. The van der Waals surface area contributed by atoms with Gasteiger partial charge < -0.3 is 4.74 Å². The molecule has 1 unspecified atom stereocenters. The highest BCUT2D eigenvalue weighted by Crippen LogP contribution is 2.21. The smallest absolute Gasteiger partial charge is 0.316 e. The lowest BCUT2D eigenvalue weighted by atomic mass is 10.1. The first-order chi connectivity index (χ1) is 11.9. The minimum Gasteiger partial charge on any atom is -0.459 e. The van der Waals surface area contributed by atoms with Crippen molar-refractivity contribution in [3.05, 3.63) is 53.1 Å². The SMILES string of the molecule is O=S(=O)(Cc1ccc(Cl)cc1)N1CCCC(Oc2ncc(F)cn2)C1. The molecule has 0 saturated carbocycles. The first kappa shape index (κ1) is 18.0. The Labute approximate surface area is 150 Å². The van der Waals surface area contributed by atoms with Crippen molar-refractivity contribution in [3.8, 4) is 6.01 Å². The topological polar surface area (TPSA) is 72.4 Å².